The first-order chi connectivity index (χ1) is 17.7. The Morgan fingerprint density at radius 2 is 1.81 bits per heavy atom. The Bertz CT molecular complexity index is 1570. The van der Waals surface area contributed by atoms with E-state index in [1.807, 2.05) is 6.07 Å². The van der Waals surface area contributed by atoms with Crippen molar-refractivity contribution < 1.29 is 0 Å². The first-order valence-electron chi connectivity index (χ1n) is 12.8. The third-order valence-electron chi connectivity index (χ3n) is 7.72. The van der Waals surface area contributed by atoms with E-state index in [2.05, 4.69) is 56.4 Å². The van der Waals surface area contributed by atoms with Gasteiger partial charge in [0.25, 0.3) is 0 Å². The lowest BCUT2D eigenvalue weighted by Gasteiger charge is -2.27. The molecule has 0 unspecified atom stereocenters. The van der Waals surface area contributed by atoms with Crippen LogP contribution in [0.1, 0.15) is 73.4 Å². The van der Waals surface area contributed by atoms with Crippen LogP contribution < -0.4 is 5.73 Å². The van der Waals surface area contributed by atoms with E-state index in [4.69, 9.17) is 11.0 Å². The Morgan fingerprint density at radius 3 is 2.67 bits per heavy atom. The molecule has 0 atom stereocenters. The molecule has 0 spiro atoms. The Labute approximate surface area is 210 Å². The molecule has 2 heterocycles. The maximum atomic E-state index is 8.47. The molecule has 3 aliphatic carbocycles. The summed E-state index contributed by atoms with van der Waals surface area (Å²) >= 11 is 0. The van der Waals surface area contributed by atoms with Gasteiger partial charge in [0.15, 0.2) is 5.65 Å². The fourth-order valence-electron chi connectivity index (χ4n) is 6.01. The van der Waals surface area contributed by atoms with Crippen LogP contribution in [0.2, 0.25) is 0 Å². The zero-order valence-electron chi connectivity index (χ0n) is 20.2. The number of hydrogen-bond donors (Lipinski definition) is 1. The number of nitrogen functional groups attached to an aromatic ring is 1. The molecule has 0 radical (unpaired) electrons. The zero-order valence-corrected chi connectivity index (χ0v) is 20.2. The highest BCUT2D eigenvalue weighted by Crippen LogP contribution is 2.45. The number of benzene rings is 2. The molecule has 0 aliphatic heterocycles. The van der Waals surface area contributed by atoms with Crippen LogP contribution in [-0.2, 0) is 6.42 Å². The Kier molecular flexibility index (Phi) is 5.90. The largest absolute Gasteiger partial charge is 0.398 e. The first-order valence-corrected chi connectivity index (χ1v) is 12.8. The van der Waals surface area contributed by atoms with E-state index in [1.165, 1.54) is 85.7 Å². The molecule has 6 nitrogen and oxygen atoms in total. The summed E-state index contributed by atoms with van der Waals surface area (Å²) < 4.78 is 0. The smallest absolute Gasteiger partial charge is 0.234 e. The molecular weight excluding hydrogens is 444 g/mol. The third-order valence-corrected chi connectivity index (χ3v) is 7.72. The lowest BCUT2D eigenvalue weighted by Crippen LogP contribution is -2.09. The second-order valence-electron chi connectivity index (χ2n) is 9.77. The summed E-state index contributed by atoms with van der Waals surface area (Å²) in [7, 11) is 0. The minimum atomic E-state index is 0.114. The average molecular weight is 473 g/mol. The third kappa shape index (κ3) is 4.01. The number of aromatic nitrogens is 4. The summed E-state index contributed by atoms with van der Waals surface area (Å²) in [5.41, 5.74) is 16.1. The van der Waals surface area contributed by atoms with Crippen molar-refractivity contribution in [2.24, 2.45) is 0 Å². The van der Waals surface area contributed by atoms with Gasteiger partial charge in [-0.25, -0.2) is 15.0 Å². The minimum Gasteiger partial charge on any atom is -0.398 e. The van der Waals surface area contributed by atoms with Crippen molar-refractivity contribution in [1.29, 1.82) is 5.26 Å². The summed E-state index contributed by atoms with van der Waals surface area (Å²) in [6.45, 7) is 0. The van der Waals surface area contributed by atoms with Gasteiger partial charge in [-0.15, -0.1) is 0 Å². The topological polar surface area (TPSA) is 101 Å². The minimum absolute atomic E-state index is 0.114. The highest BCUT2D eigenvalue weighted by Gasteiger charge is 2.25. The maximum absolute atomic E-state index is 8.47. The molecule has 3 aliphatic rings. The Balaban J connectivity index is 0.000000168. The fraction of sp³-hybridized carbons (Fsp3) is 0.300. The average Bonchev–Trinajstić information content (AvgIpc) is 3.48. The second-order valence-corrected chi connectivity index (χ2v) is 9.77. The van der Waals surface area contributed by atoms with Crippen molar-refractivity contribution >= 4 is 33.2 Å². The van der Waals surface area contributed by atoms with Crippen LogP contribution in [0.5, 0.6) is 0 Å². The molecule has 6 heteroatoms. The number of nitrogens with zero attached hydrogens (tertiary/aromatic N) is 5. The molecule has 36 heavy (non-hydrogen) atoms. The number of anilines is 1. The number of nitrogens with two attached hydrogens (primary N) is 1. The number of aryl methyl sites for hydroxylation is 1. The Morgan fingerprint density at radius 1 is 0.944 bits per heavy atom. The van der Waals surface area contributed by atoms with Gasteiger partial charge in [0, 0.05) is 23.5 Å². The molecule has 178 valence electrons. The molecule has 0 saturated heterocycles. The molecule has 0 bridgehead atoms. The van der Waals surface area contributed by atoms with Gasteiger partial charge in [0.1, 0.15) is 11.6 Å². The molecule has 2 aromatic carbocycles. The van der Waals surface area contributed by atoms with Gasteiger partial charge in [-0.1, -0.05) is 48.8 Å². The van der Waals surface area contributed by atoms with Gasteiger partial charge in [-0.2, -0.15) is 10.2 Å². The van der Waals surface area contributed by atoms with Crippen LogP contribution in [0.4, 0.5) is 5.69 Å². The normalized spacial score (nSPS) is 16.9. The van der Waals surface area contributed by atoms with Gasteiger partial charge >= 0.3 is 0 Å². The SMILES string of the molecule is N#Cc1ncc2nccnc2n1.Nc1ccc(C2CCCC2)c2c3c(ccc12)C1=C(CCC=C1)CC3. The quantitative estimate of drug-likeness (QED) is 0.321. The highest BCUT2D eigenvalue weighted by molar-refractivity contribution is 6.01. The van der Waals surface area contributed by atoms with Crippen molar-refractivity contribution in [3.05, 3.63) is 83.1 Å². The van der Waals surface area contributed by atoms with Gasteiger partial charge in [-0.05, 0) is 78.2 Å². The number of nitriles is 1. The van der Waals surface area contributed by atoms with E-state index >= 15 is 0 Å². The van der Waals surface area contributed by atoms with E-state index in [1.54, 1.807) is 22.9 Å². The standard InChI is InChI=1S/C23H25N.C7H3N5/c24-22-14-13-18(15-5-1-2-6-15)23-20-10-9-16-7-3-4-8-17(16)19(20)11-12-21(22)23;8-3-6-11-4-5-7(12-6)10-2-1-9-5/h4,8,11-15H,1-3,5-7,9-10,24H2;1-2,4H. The van der Waals surface area contributed by atoms with E-state index < -0.39 is 0 Å². The molecule has 7 rings (SSSR count). The molecule has 2 N–H and O–H groups in total. The maximum Gasteiger partial charge on any atom is 0.234 e. The van der Waals surface area contributed by atoms with E-state index in [-0.39, 0.29) is 5.82 Å². The van der Waals surface area contributed by atoms with Crippen LogP contribution in [0.15, 0.2) is 60.6 Å². The Hall–Kier alpha value is -4.11. The van der Waals surface area contributed by atoms with Gasteiger partial charge in [0.2, 0.25) is 5.82 Å². The van der Waals surface area contributed by atoms with Crippen molar-refractivity contribution in [3.8, 4) is 6.07 Å². The van der Waals surface area contributed by atoms with Crippen LogP contribution in [0.25, 0.3) is 27.5 Å². The van der Waals surface area contributed by atoms with Crippen LogP contribution in [0, 0.1) is 11.3 Å². The number of allylic oxidation sites excluding steroid dienone is 4. The summed E-state index contributed by atoms with van der Waals surface area (Å²) in [5.74, 6) is 0.847. The zero-order chi connectivity index (χ0) is 24.5. The van der Waals surface area contributed by atoms with Crippen molar-refractivity contribution in [2.75, 3.05) is 5.73 Å². The molecule has 1 saturated carbocycles. The second kappa shape index (κ2) is 9.50. The lowest BCUT2D eigenvalue weighted by molar-refractivity contribution is 0.728. The van der Waals surface area contributed by atoms with Crippen LogP contribution in [0.3, 0.4) is 0 Å². The summed E-state index contributed by atoms with van der Waals surface area (Å²) in [5, 5.41) is 11.2. The van der Waals surface area contributed by atoms with Crippen LogP contribution >= 0.6 is 0 Å². The van der Waals surface area contributed by atoms with E-state index in [0.717, 1.165) is 11.6 Å². The van der Waals surface area contributed by atoms with Gasteiger partial charge in [0.05, 0.1) is 6.20 Å². The fourth-order valence-corrected chi connectivity index (χ4v) is 6.01. The monoisotopic (exact) mass is 472 g/mol. The molecule has 2 aromatic heterocycles. The van der Waals surface area contributed by atoms with Crippen molar-refractivity contribution in [3.63, 3.8) is 0 Å². The summed E-state index contributed by atoms with van der Waals surface area (Å²) in [6, 6.07) is 10.9. The molecule has 4 aromatic rings. The van der Waals surface area contributed by atoms with Gasteiger partial charge in [-0.3, -0.25) is 0 Å². The first kappa shape index (κ1) is 22.4. The van der Waals surface area contributed by atoms with E-state index in [9.17, 15) is 0 Å². The van der Waals surface area contributed by atoms with Crippen molar-refractivity contribution in [1.82, 2.24) is 19.9 Å². The highest BCUT2D eigenvalue weighted by atomic mass is 15.0. The predicted octanol–water partition coefficient (Wildman–Crippen LogP) is 6.42. The number of rotatable bonds is 1. The summed E-state index contributed by atoms with van der Waals surface area (Å²) in [6.07, 6.45) is 19.6. The number of hydrogen-bond acceptors (Lipinski definition) is 6. The lowest BCUT2D eigenvalue weighted by atomic mass is 9.77. The molecule has 1 fully saturated rings. The molecular formula is C30H28N6. The van der Waals surface area contributed by atoms with Gasteiger partial charge < -0.3 is 5.73 Å². The van der Waals surface area contributed by atoms with Crippen molar-refractivity contribution in [2.45, 2.75) is 57.3 Å². The molecule has 0 amide bonds. The number of fused-ring (bicyclic) bond motifs is 5. The summed E-state index contributed by atoms with van der Waals surface area (Å²) in [4.78, 5) is 15.5. The van der Waals surface area contributed by atoms with Crippen LogP contribution in [-0.4, -0.2) is 19.9 Å². The predicted molar refractivity (Wildman–Crippen MR) is 143 cm³/mol. The van der Waals surface area contributed by atoms with E-state index in [0.29, 0.717) is 11.2 Å².